The minimum absolute atomic E-state index is 0. The average Bonchev–Trinajstić information content (AvgIpc) is 3.01. The number of hydrogen-bond acceptors (Lipinski definition) is 6. The van der Waals surface area contributed by atoms with E-state index < -0.39 is 18.1 Å². The highest BCUT2D eigenvalue weighted by Crippen LogP contribution is 2.14. The Kier molecular flexibility index (Phi) is 42.8. The molecule has 0 radical (unpaired) electrons. The third-order valence-corrected chi connectivity index (χ3v) is 8.71. The Bertz CT molecular complexity index is 731. The maximum absolute atomic E-state index is 13.5. The number of nitrogens with zero attached hydrogens (tertiary/aromatic N) is 2. The standard InChI is InChI=1S/C35H73N7O2.3ClH/c1-3-5-7-9-11-13-15-16-18-20-22-24-29-42(28-23-21-19-17-14-12-10-8-6-4-2)34(44)32(38)31(37)33(43)30(36)26-25-27-41-35(39)40;;;/h30-32H,3-29,36-38H2,1-2H3,(H4,39,40,41);3*1H/t30-,31?,32?;;;/m0.../s1. The highest BCUT2D eigenvalue weighted by Gasteiger charge is 2.32. The molecular formula is C35H76Cl3N7O2. The maximum atomic E-state index is 13.5. The molecule has 1 amide bonds. The van der Waals surface area contributed by atoms with Gasteiger partial charge in [0, 0.05) is 19.6 Å². The summed E-state index contributed by atoms with van der Waals surface area (Å²) in [6, 6.07) is -3.02. The van der Waals surface area contributed by atoms with Crippen LogP contribution in [-0.4, -0.2) is 60.3 Å². The number of hydrogen-bond donors (Lipinski definition) is 5. The SMILES string of the molecule is CCCCCCCCCCCCCCN(CCCCCCCCCCCC)C(=O)C(N)C(N)C(=O)[C@@H](N)CCCN=C(N)N.Cl.Cl.Cl. The molecule has 0 saturated heterocycles. The molecule has 2 unspecified atom stereocenters. The number of unbranched alkanes of at least 4 members (excludes halogenated alkanes) is 20. The summed E-state index contributed by atoms with van der Waals surface area (Å²) in [4.78, 5) is 32.1. The summed E-state index contributed by atoms with van der Waals surface area (Å²) < 4.78 is 0. The quantitative estimate of drug-likeness (QED) is 0.0273. The summed E-state index contributed by atoms with van der Waals surface area (Å²) in [5, 5.41) is 0. The molecule has 0 aromatic rings. The van der Waals surface area contributed by atoms with Crippen LogP contribution in [-0.2, 0) is 9.59 Å². The van der Waals surface area contributed by atoms with Gasteiger partial charge in [-0.25, -0.2) is 0 Å². The van der Waals surface area contributed by atoms with Gasteiger partial charge in [0.1, 0.15) is 6.04 Å². The molecule has 47 heavy (non-hydrogen) atoms. The second-order valence-electron chi connectivity index (χ2n) is 12.9. The monoisotopic (exact) mass is 732 g/mol. The molecule has 0 aliphatic carbocycles. The third kappa shape index (κ3) is 30.9. The van der Waals surface area contributed by atoms with E-state index in [9.17, 15) is 9.59 Å². The first-order valence-corrected chi connectivity index (χ1v) is 18.4. The van der Waals surface area contributed by atoms with E-state index in [1.165, 1.54) is 116 Å². The van der Waals surface area contributed by atoms with Crippen molar-refractivity contribution < 1.29 is 9.59 Å². The van der Waals surface area contributed by atoms with Crippen molar-refractivity contribution in [3.05, 3.63) is 0 Å². The summed E-state index contributed by atoms with van der Waals surface area (Å²) in [5.74, 6) is -0.623. The topological polar surface area (TPSA) is 180 Å². The predicted molar refractivity (Wildman–Crippen MR) is 210 cm³/mol. The number of rotatable bonds is 32. The fraction of sp³-hybridized carbons (Fsp3) is 0.914. The zero-order valence-electron chi connectivity index (χ0n) is 30.1. The van der Waals surface area contributed by atoms with Crippen LogP contribution >= 0.6 is 37.2 Å². The molecule has 12 heteroatoms. The molecule has 3 atom stereocenters. The Balaban J connectivity index is -0.00000308. The summed E-state index contributed by atoms with van der Waals surface area (Å²) in [6.07, 6.45) is 28.6. The van der Waals surface area contributed by atoms with E-state index in [1.807, 2.05) is 4.90 Å². The van der Waals surface area contributed by atoms with E-state index >= 15 is 0 Å². The van der Waals surface area contributed by atoms with Gasteiger partial charge in [-0.15, -0.1) is 37.2 Å². The molecule has 0 heterocycles. The molecule has 0 aromatic heterocycles. The third-order valence-electron chi connectivity index (χ3n) is 8.71. The summed E-state index contributed by atoms with van der Waals surface area (Å²) in [5.41, 5.74) is 29.3. The number of carbonyl (C=O) groups is 2. The van der Waals surface area contributed by atoms with Crippen molar-refractivity contribution in [2.75, 3.05) is 19.6 Å². The first-order chi connectivity index (χ1) is 21.3. The second-order valence-corrected chi connectivity index (χ2v) is 12.9. The van der Waals surface area contributed by atoms with Crippen molar-refractivity contribution in [2.24, 2.45) is 33.7 Å². The highest BCUT2D eigenvalue weighted by molar-refractivity contribution is 5.95. The van der Waals surface area contributed by atoms with E-state index in [0.29, 0.717) is 32.5 Å². The van der Waals surface area contributed by atoms with Gasteiger partial charge in [-0.05, 0) is 25.7 Å². The van der Waals surface area contributed by atoms with Crippen LogP contribution in [0.3, 0.4) is 0 Å². The number of ketones is 1. The number of nitrogens with two attached hydrogens (primary N) is 5. The Morgan fingerprint density at radius 2 is 0.872 bits per heavy atom. The molecule has 0 spiro atoms. The first-order valence-electron chi connectivity index (χ1n) is 18.4. The predicted octanol–water partition coefficient (Wildman–Crippen LogP) is 7.31. The Morgan fingerprint density at radius 3 is 1.21 bits per heavy atom. The fourth-order valence-corrected chi connectivity index (χ4v) is 5.72. The largest absolute Gasteiger partial charge is 0.370 e. The van der Waals surface area contributed by atoms with Gasteiger partial charge in [0.25, 0.3) is 0 Å². The average molecular weight is 733 g/mol. The molecule has 0 bridgehead atoms. The van der Waals surface area contributed by atoms with Gasteiger partial charge >= 0.3 is 0 Å². The van der Waals surface area contributed by atoms with E-state index in [4.69, 9.17) is 28.7 Å². The highest BCUT2D eigenvalue weighted by atomic mass is 35.5. The lowest BCUT2D eigenvalue weighted by Gasteiger charge is -2.29. The van der Waals surface area contributed by atoms with Crippen molar-refractivity contribution in [3.63, 3.8) is 0 Å². The van der Waals surface area contributed by atoms with Gasteiger partial charge in [-0.3, -0.25) is 14.6 Å². The van der Waals surface area contributed by atoms with Gasteiger partial charge in [0.15, 0.2) is 11.7 Å². The van der Waals surface area contributed by atoms with Crippen molar-refractivity contribution >= 4 is 54.9 Å². The molecule has 0 fully saturated rings. The zero-order valence-corrected chi connectivity index (χ0v) is 32.6. The lowest BCUT2D eigenvalue weighted by atomic mass is 9.96. The van der Waals surface area contributed by atoms with Gasteiger partial charge in [-0.2, -0.15) is 0 Å². The van der Waals surface area contributed by atoms with E-state index in [0.717, 1.165) is 25.7 Å². The molecular weight excluding hydrogens is 657 g/mol. The maximum Gasteiger partial charge on any atom is 0.241 e. The van der Waals surface area contributed by atoms with Crippen LogP contribution in [0.1, 0.15) is 168 Å². The van der Waals surface area contributed by atoms with Crippen molar-refractivity contribution in [1.29, 1.82) is 0 Å². The Labute approximate surface area is 307 Å². The molecule has 0 aliphatic rings. The normalized spacial score (nSPS) is 12.5. The van der Waals surface area contributed by atoms with Crippen LogP contribution in [0.5, 0.6) is 0 Å². The van der Waals surface area contributed by atoms with E-state index in [2.05, 4.69) is 18.8 Å². The van der Waals surface area contributed by atoms with Gasteiger partial charge in [0.2, 0.25) is 5.91 Å². The zero-order chi connectivity index (χ0) is 32.8. The van der Waals surface area contributed by atoms with Crippen LogP contribution in [0, 0.1) is 0 Å². The first kappa shape index (κ1) is 53.0. The molecule has 284 valence electrons. The molecule has 0 aliphatic heterocycles. The van der Waals surface area contributed by atoms with Crippen molar-refractivity contribution in [1.82, 2.24) is 4.90 Å². The molecule has 10 N–H and O–H groups in total. The minimum atomic E-state index is -1.13. The van der Waals surface area contributed by atoms with Crippen LogP contribution in [0.2, 0.25) is 0 Å². The van der Waals surface area contributed by atoms with Gasteiger partial charge in [0.05, 0.1) is 12.1 Å². The molecule has 0 rings (SSSR count). The number of aliphatic imine (C=N–C) groups is 1. The number of halogens is 3. The summed E-state index contributed by atoms with van der Waals surface area (Å²) in [6.45, 7) is 6.21. The van der Waals surface area contributed by atoms with Gasteiger partial charge < -0.3 is 33.6 Å². The van der Waals surface area contributed by atoms with E-state index in [-0.39, 0.29) is 54.9 Å². The second kappa shape index (κ2) is 38.0. The fourth-order valence-electron chi connectivity index (χ4n) is 5.72. The van der Waals surface area contributed by atoms with Crippen LogP contribution < -0.4 is 28.7 Å². The lowest BCUT2D eigenvalue weighted by molar-refractivity contribution is -0.136. The summed E-state index contributed by atoms with van der Waals surface area (Å²) >= 11 is 0. The molecule has 0 saturated carbocycles. The Morgan fingerprint density at radius 1 is 0.532 bits per heavy atom. The van der Waals surface area contributed by atoms with Gasteiger partial charge in [-0.1, -0.05) is 142 Å². The van der Waals surface area contributed by atoms with Crippen LogP contribution in [0.4, 0.5) is 0 Å². The van der Waals surface area contributed by atoms with Crippen LogP contribution in [0.25, 0.3) is 0 Å². The van der Waals surface area contributed by atoms with Crippen molar-refractivity contribution in [2.45, 2.75) is 186 Å². The number of carbonyl (C=O) groups excluding carboxylic acids is 2. The lowest BCUT2D eigenvalue weighted by Crippen LogP contribution is -2.59. The number of Topliss-reactive ketones (excluding diaryl/α,β-unsaturated/α-hetero) is 1. The van der Waals surface area contributed by atoms with E-state index in [1.54, 1.807) is 0 Å². The number of amides is 1. The summed E-state index contributed by atoms with van der Waals surface area (Å²) in [7, 11) is 0. The smallest absolute Gasteiger partial charge is 0.241 e. The number of guanidine groups is 1. The molecule has 9 nitrogen and oxygen atoms in total. The van der Waals surface area contributed by atoms with Crippen molar-refractivity contribution in [3.8, 4) is 0 Å². The minimum Gasteiger partial charge on any atom is -0.370 e. The van der Waals surface area contributed by atoms with Crippen LogP contribution in [0.15, 0.2) is 4.99 Å². The Hall–Kier alpha value is -0.840. The molecule has 0 aromatic carbocycles.